The van der Waals surface area contributed by atoms with Crippen LogP contribution in [0, 0.1) is 0 Å². The van der Waals surface area contributed by atoms with Crippen molar-refractivity contribution in [1.29, 1.82) is 0 Å². The summed E-state index contributed by atoms with van der Waals surface area (Å²) < 4.78 is 45.8. The van der Waals surface area contributed by atoms with E-state index in [4.69, 9.17) is 14.2 Å². The molecule has 0 saturated carbocycles. The summed E-state index contributed by atoms with van der Waals surface area (Å²) in [4.78, 5) is 19.4. The molecule has 0 radical (unpaired) electrons. The summed E-state index contributed by atoms with van der Waals surface area (Å²) in [7, 11) is 0. The normalized spacial score (nSPS) is 18.1. The number of morpholine rings is 1. The lowest BCUT2D eigenvalue weighted by Gasteiger charge is -2.28. The molecule has 5 rings (SSSR count). The van der Waals surface area contributed by atoms with Gasteiger partial charge in [-0.15, -0.1) is 0 Å². The molecule has 11 heteroatoms. The molecule has 2 saturated heterocycles. The number of benzene rings is 1. The highest BCUT2D eigenvalue weighted by atomic mass is 19.3. The minimum atomic E-state index is -2.80. The van der Waals surface area contributed by atoms with Gasteiger partial charge in [0.1, 0.15) is 6.10 Å². The molecule has 31 heavy (non-hydrogen) atoms. The SMILES string of the molecule is FC(F)c1nc2ccccc2n1-c1nc(OC2CCOCC2)nc(N2CCOCC2)n1. The van der Waals surface area contributed by atoms with Crippen molar-refractivity contribution in [2.45, 2.75) is 25.4 Å². The molecule has 1 aromatic carbocycles. The van der Waals surface area contributed by atoms with Crippen LogP contribution in [0.2, 0.25) is 0 Å². The number of rotatable bonds is 5. The molecule has 0 aliphatic carbocycles. The average molecular weight is 432 g/mol. The number of ether oxygens (including phenoxy) is 3. The van der Waals surface area contributed by atoms with Gasteiger partial charge in [0.15, 0.2) is 5.82 Å². The quantitative estimate of drug-likeness (QED) is 0.608. The molecule has 4 heterocycles. The molecule has 0 unspecified atom stereocenters. The number of hydrogen-bond acceptors (Lipinski definition) is 8. The fourth-order valence-electron chi connectivity index (χ4n) is 3.74. The Morgan fingerprint density at radius 1 is 0.903 bits per heavy atom. The number of hydrogen-bond donors (Lipinski definition) is 0. The first-order valence-electron chi connectivity index (χ1n) is 10.3. The maximum Gasteiger partial charge on any atom is 0.323 e. The van der Waals surface area contributed by atoms with Gasteiger partial charge in [0.05, 0.1) is 37.5 Å². The number of halogens is 2. The molecule has 0 spiro atoms. The maximum absolute atomic E-state index is 13.9. The third-order valence-corrected chi connectivity index (χ3v) is 5.31. The molecule has 3 aromatic rings. The van der Waals surface area contributed by atoms with Crippen LogP contribution < -0.4 is 9.64 Å². The molecular formula is C20H22F2N6O3. The van der Waals surface area contributed by atoms with E-state index in [9.17, 15) is 8.78 Å². The van der Waals surface area contributed by atoms with E-state index in [1.165, 1.54) is 4.57 Å². The molecule has 0 amide bonds. The van der Waals surface area contributed by atoms with Gasteiger partial charge >= 0.3 is 6.01 Å². The number of alkyl halides is 2. The Labute approximate surface area is 177 Å². The van der Waals surface area contributed by atoms with Gasteiger partial charge in [0.2, 0.25) is 11.9 Å². The zero-order valence-corrected chi connectivity index (χ0v) is 16.8. The second kappa shape index (κ2) is 8.67. The van der Waals surface area contributed by atoms with E-state index in [2.05, 4.69) is 19.9 Å². The van der Waals surface area contributed by atoms with Gasteiger partial charge in [-0.25, -0.2) is 13.8 Å². The summed E-state index contributed by atoms with van der Waals surface area (Å²) >= 11 is 0. The summed E-state index contributed by atoms with van der Waals surface area (Å²) in [6.07, 6.45) is -1.47. The van der Waals surface area contributed by atoms with E-state index in [0.717, 1.165) is 0 Å². The molecule has 2 aromatic heterocycles. The Hall–Kier alpha value is -2.92. The highest BCUT2D eigenvalue weighted by Gasteiger charge is 2.25. The van der Waals surface area contributed by atoms with Crippen LogP contribution in [0.15, 0.2) is 24.3 Å². The summed E-state index contributed by atoms with van der Waals surface area (Å²) in [5.74, 6) is 0.00764. The monoisotopic (exact) mass is 432 g/mol. The van der Waals surface area contributed by atoms with Crippen molar-refractivity contribution >= 4 is 17.0 Å². The lowest BCUT2D eigenvalue weighted by Crippen LogP contribution is -2.38. The minimum Gasteiger partial charge on any atom is -0.460 e. The number of fused-ring (bicyclic) bond motifs is 1. The number of imidazole rings is 1. The van der Waals surface area contributed by atoms with E-state index in [0.29, 0.717) is 69.3 Å². The van der Waals surface area contributed by atoms with Gasteiger partial charge in [0, 0.05) is 25.9 Å². The third kappa shape index (κ3) is 4.15. The van der Waals surface area contributed by atoms with E-state index in [1.54, 1.807) is 24.3 Å². The lowest BCUT2D eigenvalue weighted by molar-refractivity contribution is 0.0216. The van der Waals surface area contributed by atoms with Crippen LogP contribution in [0.4, 0.5) is 14.7 Å². The Balaban J connectivity index is 1.61. The van der Waals surface area contributed by atoms with Gasteiger partial charge in [-0.1, -0.05) is 12.1 Å². The molecule has 9 nitrogen and oxygen atoms in total. The van der Waals surface area contributed by atoms with Crippen molar-refractivity contribution in [1.82, 2.24) is 24.5 Å². The molecule has 2 fully saturated rings. The summed E-state index contributed by atoms with van der Waals surface area (Å²) in [5.41, 5.74) is 0.937. The molecular weight excluding hydrogens is 410 g/mol. The maximum atomic E-state index is 13.9. The van der Waals surface area contributed by atoms with Crippen LogP contribution in [0.1, 0.15) is 25.1 Å². The fraction of sp³-hybridized carbons (Fsp3) is 0.500. The molecule has 0 bridgehead atoms. The first kappa shape index (κ1) is 20.0. The Morgan fingerprint density at radius 2 is 1.61 bits per heavy atom. The highest BCUT2D eigenvalue weighted by Crippen LogP contribution is 2.28. The van der Waals surface area contributed by atoms with E-state index < -0.39 is 12.2 Å². The van der Waals surface area contributed by atoms with Crippen LogP contribution in [0.25, 0.3) is 17.0 Å². The second-order valence-corrected chi connectivity index (χ2v) is 7.34. The van der Waals surface area contributed by atoms with Gasteiger partial charge in [-0.2, -0.15) is 15.0 Å². The van der Waals surface area contributed by atoms with E-state index in [-0.39, 0.29) is 18.1 Å². The molecule has 0 atom stereocenters. The number of nitrogens with zero attached hydrogens (tertiary/aromatic N) is 6. The first-order chi connectivity index (χ1) is 15.2. The van der Waals surface area contributed by atoms with Crippen molar-refractivity contribution in [2.24, 2.45) is 0 Å². The van der Waals surface area contributed by atoms with E-state index in [1.807, 2.05) is 4.90 Å². The van der Waals surface area contributed by atoms with Crippen molar-refractivity contribution < 1.29 is 23.0 Å². The smallest absolute Gasteiger partial charge is 0.323 e. The molecule has 2 aliphatic heterocycles. The Kier molecular flexibility index (Phi) is 5.60. The van der Waals surface area contributed by atoms with Crippen LogP contribution in [-0.2, 0) is 9.47 Å². The number of anilines is 1. The molecule has 2 aliphatic rings. The van der Waals surface area contributed by atoms with Gasteiger partial charge in [-0.3, -0.25) is 4.57 Å². The van der Waals surface area contributed by atoms with Crippen molar-refractivity contribution in [3.8, 4) is 12.0 Å². The summed E-state index contributed by atoms with van der Waals surface area (Å²) in [6.45, 7) is 3.45. The van der Waals surface area contributed by atoms with Crippen LogP contribution in [-0.4, -0.2) is 70.1 Å². The van der Waals surface area contributed by atoms with Gasteiger partial charge in [-0.05, 0) is 12.1 Å². The van der Waals surface area contributed by atoms with E-state index >= 15 is 0 Å². The zero-order valence-electron chi connectivity index (χ0n) is 16.8. The first-order valence-corrected chi connectivity index (χ1v) is 10.3. The standard InChI is InChI=1S/C20H22F2N6O3/c21-16(22)17-23-14-3-1-2-4-15(14)28(17)19-24-18(27-7-11-30-12-8-27)25-20(26-19)31-13-5-9-29-10-6-13/h1-4,13,16H,5-12H2. The predicted molar refractivity (Wildman–Crippen MR) is 107 cm³/mol. The Morgan fingerprint density at radius 3 is 2.39 bits per heavy atom. The zero-order chi connectivity index (χ0) is 21.2. The minimum absolute atomic E-state index is 0.0579. The molecule has 0 N–H and O–H groups in total. The second-order valence-electron chi connectivity index (χ2n) is 7.34. The van der Waals surface area contributed by atoms with Crippen LogP contribution >= 0.6 is 0 Å². The number of para-hydroxylation sites is 2. The fourth-order valence-corrected chi connectivity index (χ4v) is 3.74. The predicted octanol–water partition coefficient (Wildman–Crippen LogP) is 2.54. The molecule has 164 valence electrons. The van der Waals surface area contributed by atoms with Gasteiger partial charge in [0.25, 0.3) is 6.43 Å². The van der Waals surface area contributed by atoms with Crippen molar-refractivity contribution in [3.63, 3.8) is 0 Å². The lowest BCUT2D eigenvalue weighted by atomic mass is 10.2. The van der Waals surface area contributed by atoms with Crippen LogP contribution in [0.5, 0.6) is 6.01 Å². The topological polar surface area (TPSA) is 87.4 Å². The largest absolute Gasteiger partial charge is 0.460 e. The third-order valence-electron chi connectivity index (χ3n) is 5.31. The van der Waals surface area contributed by atoms with Crippen molar-refractivity contribution in [2.75, 3.05) is 44.4 Å². The summed E-state index contributed by atoms with van der Waals surface area (Å²) in [5, 5.41) is 0. The Bertz CT molecular complexity index is 1050. The summed E-state index contributed by atoms with van der Waals surface area (Å²) in [6, 6.07) is 7.02. The van der Waals surface area contributed by atoms with Crippen molar-refractivity contribution in [3.05, 3.63) is 30.1 Å². The number of aromatic nitrogens is 5. The highest BCUT2D eigenvalue weighted by molar-refractivity contribution is 5.77. The average Bonchev–Trinajstić information content (AvgIpc) is 3.20. The van der Waals surface area contributed by atoms with Crippen LogP contribution in [0.3, 0.4) is 0 Å². The van der Waals surface area contributed by atoms with Gasteiger partial charge < -0.3 is 19.1 Å².